The number of primary amides is 1. The summed E-state index contributed by atoms with van der Waals surface area (Å²) in [6.45, 7) is 16.7. The summed E-state index contributed by atoms with van der Waals surface area (Å²) >= 11 is 0. The second-order valence-corrected chi connectivity index (χ2v) is 29.3. The lowest BCUT2D eigenvalue weighted by atomic mass is 9.93. The Morgan fingerprint density at radius 1 is 0.377 bits per heavy atom. The molecule has 13 amide bonds. The molecule has 0 aliphatic carbocycles. The first kappa shape index (κ1) is 99.2. The Morgan fingerprint density at radius 3 is 1.09 bits per heavy atom. The van der Waals surface area contributed by atoms with Crippen molar-refractivity contribution < 1.29 is 129 Å². The number of para-hydroxylation sites is 1. The summed E-state index contributed by atoms with van der Waals surface area (Å²) in [4.78, 5) is 245. The van der Waals surface area contributed by atoms with Crippen LogP contribution in [0.1, 0.15) is 184 Å². The molecule has 40 heteroatoms. The van der Waals surface area contributed by atoms with E-state index in [1.807, 2.05) is 0 Å². The minimum absolute atomic E-state index is 0.00795. The van der Waals surface area contributed by atoms with Gasteiger partial charge in [-0.15, -0.1) is 0 Å². The van der Waals surface area contributed by atoms with Crippen LogP contribution in [0.2, 0.25) is 0 Å². The Morgan fingerprint density at radius 2 is 0.693 bits per heavy atom. The van der Waals surface area contributed by atoms with Crippen LogP contribution in [-0.4, -0.2) is 203 Å². The first-order valence-electron chi connectivity index (χ1n) is 38.5. The zero-order chi connectivity index (χ0) is 86.4. The highest BCUT2D eigenvalue weighted by molar-refractivity contribution is 6.01. The fraction of sp³-hybridized carbons (Fsp3) is 0.649. The van der Waals surface area contributed by atoms with Crippen molar-refractivity contribution in [2.45, 2.75) is 263 Å². The second-order valence-electron chi connectivity index (χ2n) is 29.3. The number of unbranched alkanes of at least 4 members (excludes halogenated alkanes) is 2. The van der Waals surface area contributed by atoms with Gasteiger partial charge in [0, 0.05) is 53.8 Å². The highest BCUT2D eigenvalue weighted by atomic mass is 16.4. The number of rotatable bonds is 56. The summed E-state index contributed by atoms with van der Waals surface area (Å²) in [5.74, 6) is -26.0. The van der Waals surface area contributed by atoms with Gasteiger partial charge in [0.05, 0.1) is 31.5 Å². The number of nitrogens with one attached hydrogen (secondary N) is 13. The molecule has 1 aromatic heterocycles. The number of nitrogens with two attached hydrogens (primary N) is 1. The zero-order valence-electron chi connectivity index (χ0n) is 66.5. The van der Waals surface area contributed by atoms with Crippen molar-refractivity contribution >= 4 is 118 Å². The molecule has 40 nitrogen and oxygen atoms in total. The molecule has 0 spiro atoms. The summed E-state index contributed by atoms with van der Waals surface area (Å²) < 4.78 is 0. The Kier molecular flexibility index (Phi) is 43.7. The van der Waals surface area contributed by atoms with Gasteiger partial charge in [-0.1, -0.05) is 107 Å². The van der Waals surface area contributed by atoms with Gasteiger partial charge < -0.3 is 141 Å². The molecular weight excluding hydrogens is 1490 g/mol. The maximum absolute atomic E-state index is 14.8. The van der Waals surface area contributed by atoms with Gasteiger partial charge in [0.2, 0.25) is 70.9 Å². The molecule has 2 aromatic rings. The second kappa shape index (κ2) is 50.3. The molecule has 0 radical (unpaired) electrons. The minimum Gasteiger partial charge on any atom is -0.550 e. The predicted octanol–water partition coefficient (Wildman–Crippen LogP) is -11.2. The van der Waals surface area contributed by atoms with Gasteiger partial charge >= 0.3 is 0 Å². The van der Waals surface area contributed by atoms with Crippen LogP contribution in [-0.2, 0) is 92.7 Å². The third kappa shape index (κ3) is 34.2. The topological polar surface area (TPSA) is 692 Å². The zero-order valence-corrected chi connectivity index (χ0v) is 66.5. The molecule has 638 valence electrons. The Hall–Kier alpha value is -10.9. The van der Waals surface area contributed by atoms with Crippen LogP contribution in [0.4, 0.5) is 0 Å². The van der Waals surface area contributed by atoms with E-state index in [2.05, 4.69) is 86.0 Å². The van der Waals surface area contributed by atoms with Crippen LogP contribution in [0.5, 0.6) is 0 Å². The summed E-state index contributed by atoms with van der Waals surface area (Å²) in [6, 6.07) is -14.0. The molecule has 0 bridgehead atoms. The average Bonchev–Trinajstić information content (AvgIpc) is 1.61. The van der Waals surface area contributed by atoms with Crippen molar-refractivity contribution in [3.8, 4) is 0 Å². The molecule has 0 saturated carbocycles. The fourth-order valence-electron chi connectivity index (χ4n) is 11.9. The SMILES string of the molecule is CC[C@H](C)[C@H](NC(=O)[C@H](CCC(=O)[O-])NC(=O)[C@H](CC(N)=O)NC(=O)[C@@H]([NH3+])CC(=O)[O-])C(=O)N[C@@H](CCC(=O)[O-])C(=O)N[C@H](C(=O)N[C@H](C(=O)N[C@H](C(=O)N[C@H](C(=O)N[C@@H](Cc1c[nH]c2ccccc12)C(=O)N[C@@H](CCC(=O)[O-])C(=O)N[C@@H](CCCC[NH3+])C(=O)N[C@@H](CCCC[NH3+])C(=O)[O-])C(C)C)[C@@H](C)CC)[C@@H](C)CC)C(C)C. The Balaban J connectivity index is 2.59. The summed E-state index contributed by atoms with van der Waals surface area (Å²) in [5, 5.41) is 89.2. The van der Waals surface area contributed by atoms with Gasteiger partial charge in [0.15, 0.2) is 6.04 Å². The maximum atomic E-state index is 14.8. The van der Waals surface area contributed by atoms with Crippen molar-refractivity contribution in [2.75, 3.05) is 13.1 Å². The van der Waals surface area contributed by atoms with Crippen molar-refractivity contribution in [3.63, 3.8) is 0 Å². The van der Waals surface area contributed by atoms with Crippen molar-refractivity contribution in [1.82, 2.24) is 68.8 Å². The first-order valence-corrected chi connectivity index (χ1v) is 38.5. The van der Waals surface area contributed by atoms with Crippen molar-refractivity contribution in [3.05, 3.63) is 36.0 Å². The third-order valence-electron chi connectivity index (χ3n) is 19.5. The van der Waals surface area contributed by atoms with E-state index < -0.39 is 266 Å². The lowest BCUT2D eigenvalue weighted by Crippen LogP contribution is -2.70. The quantitative estimate of drug-likeness (QED) is 0.0274. The summed E-state index contributed by atoms with van der Waals surface area (Å²) in [5.41, 5.74) is 17.3. The highest BCUT2D eigenvalue weighted by Gasteiger charge is 2.41. The number of benzene rings is 1. The van der Waals surface area contributed by atoms with Crippen LogP contribution in [0.25, 0.3) is 10.9 Å². The van der Waals surface area contributed by atoms with Gasteiger partial charge in [-0.25, -0.2) is 0 Å². The largest absolute Gasteiger partial charge is 0.550 e. The number of aromatic nitrogens is 1. The van der Waals surface area contributed by atoms with E-state index in [0.29, 0.717) is 55.2 Å². The van der Waals surface area contributed by atoms with E-state index in [1.165, 1.54) is 20.8 Å². The van der Waals surface area contributed by atoms with Crippen LogP contribution in [0.15, 0.2) is 30.5 Å². The number of amides is 13. The molecule has 0 aliphatic heterocycles. The standard InChI is InChI=1S/C74H119N17O23/c1-11-38(8)59(89-66(105)47(25-28-54(95)96)82-68(107)51(34-52(78)92)85-62(101)43(77)33-56(99)100)71(110)83-48(26-29-55(97)98)65(104)87-58(37(6)7)70(109)90-61(40(10)13-3)73(112)91-60(39(9)12-2)72(111)88-57(36(4)5)69(108)86-50(32-41-35-79-44-21-15-14-20-42(41)44)67(106)81-46(24-27-53(93)94)64(103)80-45(22-16-18-30-75)63(102)84-49(74(113)114)23-17-19-31-76/h14-15,20-21,35-40,43,45-51,57-61,79H,11-13,16-19,22-34,75-77H2,1-10H3,(H2,78,92)(H,80,103)(H,81,106)(H,82,107)(H,83,110)(H,84,102)(H,85,101)(H,86,108)(H,87,104)(H,88,111)(H,89,105)(H,90,109)(H,91,112)(H,93,94)(H,95,96)(H,97,98)(H,99,100)(H,113,114)/p-2/t38-,39-,40-,43-,45-,46-,47-,48-,49-,50-,51-,57-,58-,59-,60-,61-/m0/s1. The number of quaternary nitrogens is 3. The van der Waals surface area contributed by atoms with Crippen LogP contribution < -0.4 is 112 Å². The van der Waals surface area contributed by atoms with Crippen LogP contribution in [0, 0.1) is 29.6 Å². The number of hydrogen-bond donors (Lipinski definition) is 17. The summed E-state index contributed by atoms with van der Waals surface area (Å²) in [7, 11) is 0. The number of carboxylic acids is 5. The molecule has 114 heavy (non-hydrogen) atoms. The molecule has 1 aromatic carbocycles. The first-order chi connectivity index (χ1) is 53.5. The van der Waals surface area contributed by atoms with Gasteiger partial charge in [-0.05, 0) is 118 Å². The molecule has 0 saturated heterocycles. The smallest absolute Gasteiger partial charge is 0.279 e. The molecule has 0 fully saturated rings. The van der Waals surface area contributed by atoms with Crippen LogP contribution >= 0.6 is 0 Å². The lowest BCUT2D eigenvalue weighted by molar-refractivity contribution is -0.408. The minimum atomic E-state index is -1.88. The van der Waals surface area contributed by atoms with E-state index in [1.54, 1.807) is 78.9 Å². The Bertz CT molecular complexity index is 3650. The molecule has 24 N–H and O–H groups in total. The van der Waals surface area contributed by atoms with Crippen molar-refractivity contribution in [2.24, 2.45) is 35.3 Å². The van der Waals surface area contributed by atoms with E-state index in [-0.39, 0.29) is 38.5 Å². The van der Waals surface area contributed by atoms with Gasteiger partial charge in [-0.2, -0.15) is 0 Å². The molecule has 16 atom stereocenters. The monoisotopic (exact) mass is 1610 g/mol. The van der Waals surface area contributed by atoms with Gasteiger partial charge in [-0.3, -0.25) is 62.3 Å². The number of carboxylic acid groups (broad SMARTS) is 5. The molecule has 0 aliphatic rings. The lowest BCUT2D eigenvalue weighted by Gasteiger charge is -2.32. The number of fused-ring (bicyclic) bond motifs is 1. The number of aromatic amines is 1. The average molecular weight is 1610 g/mol. The number of H-pyrrole nitrogens is 1. The van der Waals surface area contributed by atoms with Crippen LogP contribution in [0.3, 0.4) is 0 Å². The van der Waals surface area contributed by atoms with E-state index in [4.69, 9.17) is 5.73 Å². The maximum Gasteiger partial charge on any atom is 0.279 e. The Labute approximate surface area is 660 Å². The highest BCUT2D eigenvalue weighted by Crippen LogP contribution is 2.22. The molecular formula is C74H117N17O23-2. The number of hydrogen-bond acceptors (Lipinski definition) is 23. The van der Waals surface area contributed by atoms with Crippen molar-refractivity contribution in [1.29, 1.82) is 0 Å². The molecule has 0 unspecified atom stereocenters. The van der Waals surface area contributed by atoms with Gasteiger partial charge in [0.1, 0.15) is 66.5 Å². The third-order valence-corrected chi connectivity index (χ3v) is 19.5. The number of carbonyl (C=O) groups is 18. The summed E-state index contributed by atoms with van der Waals surface area (Å²) in [6.07, 6.45) is -2.80. The number of aliphatic carboxylic acids is 5. The van der Waals surface area contributed by atoms with E-state index in [0.717, 1.165) is 0 Å². The van der Waals surface area contributed by atoms with E-state index >= 15 is 0 Å². The predicted molar refractivity (Wildman–Crippen MR) is 394 cm³/mol. The molecule has 2 rings (SSSR count). The van der Waals surface area contributed by atoms with Gasteiger partial charge in [0.25, 0.3) is 5.91 Å². The van der Waals surface area contributed by atoms with E-state index in [9.17, 15) is 112 Å². The number of carbonyl (C=O) groups excluding carboxylic acids is 18. The fourth-order valence-corrected chi connectivity index (χ4v) is 11.9. The molecule has 1 heterocycles. The normalized spacial score (nSPS) is 15.5.